The summed E-state index contributed by atoms with van der Waals surface area (Å²) in [7, 11) is 0. The number of carbonyl (C=O) groups is 1. The molecule has 1 aromatic rings. The molecule has 2 unspecified atom stereocenters. The van der Waals surface area contributed by atoms with Crippen LogP contribution in [0.3, 0.4) is 0 Å². The smallest absolute Gasteiger partial charge is 0.309 e. The summed E-state index contributed by atoms with van der Waals surface area (Å²) < 4.78 is 19.1. The van der Waals surface area contributed by atoms with Crippen LogP contribution >= 0.6 is 0 Å². The molecule has 0 aromatic heterocycles. The Bertz CT molecular complexity index is 656. The van der Waals surface area contributed by atoms with E-state index in [1.54, 1.807) is 6.07 Å². The van der Waals surface area contributed by atoms with Crippen molar-refractivity contribution in [2.75, 3.05) is 26.2 Å². The van der Waals surface area contributed by atoms with Crippen molar-refractivity contribution in [3.8, 4) is 0 Å². The summed E-state index contributed by atoms with van der Waals surface area (Å²) in [6.45, 7) is 6.54. The SMILES string of the molecule is CCN=C(NC1CC1c1ccccc1F)N1CCC(C(=O)OCC)CC1. The van der Waals surface area contributed by atoms with Crippen molar-refractivity contribution in [2.45, 2.75) is 45.1 Å². The van der Waals surface area contributed by atoms with Gasteiger partial charge in [0.15, 0.2) is 5.96 Å². The van der Waals surface area contributed by atoms with Crippen molar-refractivity contribution >= 4 is 11.9 Å². The van der Waals surface area contributed by atoms with Gasteiger partial charge in [-0.05, 0) is 44.7 Å². The first kappa shape index (κ1) is 18.7. The van der Waals surface area contributed by atoms with Crippen molar-refractivity contribution in [2.24, 2.45) is 10.9 Å². The summed E-state index contributed by atoms with van der Waals surface area (Å²) in [5, 5.41) is 3.50. The van der Waals surface area contributed by atoms with E-state index in [1.165, 1.54) is 6.07 Å². The lowest BCUT2D eigenvalue weighted by atomic mass is 9.97. The average Bonchev–Trinajstić information content (AvgIpc) is 3.41. The Hall–Kier alpha value is -2.11. The number of guanidine groups is 1. The van der Waals surface area contributed by atoms with Gasteiger partial charge in [-0.1, -0.05) is 18.2 Å². The minimum Gasteiger partial charge on any atom is -0.466 e. The molecule has 0 bridgehead atoms. The Balaban J connectivity index is 1.56. The number of esters is 1. The lowest BCUT2D eigenvalue weighted by molar-refractivity contribution is -0.149. The zero-order valence-corrected chi connectivity index (χ0v) is 15.6. The Morgan fingerprint density at radius 2 is 2.04 bits per heavy atom. The number of halogens is 1. The number of hydrogen-bond acceptors (Lipinski definition) is 3. The van der Waals surface area contributed by atoms with E-state index >= 15 is 0 Å². The topological polar surface area (TPSA) is 53.9 Å². The predicted molar refractivity (Wildman–Crippen MR) is 99.6 cm³/mol. The normalized spacial score (nSPS) is 23.7. The molecule has 2 atom stereocenters. The second-order valence-corrected chi connectivity index (χ2v) is 6.93. The van der Waals surface area contributed by atoms with Gasteiger partial charge < -0.3 is 15.0 Å². The van der Waals surface area contributed by atoms with Gasteiger partial charge in [0.1, 0.15) is 5.82 Å². The highest BCUT2D eigenvalue weighted by atomic mass is 19.1. The number of rotatable bonds is 5. The number of piperidine rings is 1. The maximum absolute atomic E-state index is 14.0. The highest BCUT2D eigenvalue weighted by Gasteiger charge is 2.41. The van der Waals surface area contributed by atoms with E-state index in [0.717, 1.165) is 43.9 Å². The first-order valence-electron chi connectivity index (χ1n) is 9.61. The van der Waals surface area contributed by atoms with Crippen LogP contribution in [0.15, 0.2) is 29.3 Å². The van der Waals surface area contributed by atoms with Crippen LogP contribution in [-0.2, 0) is 9.53 Å². The summed E-state index contributed by atoms with van der Waals surface area (Å²) in [5.74, 6) is 0.845. The molecule has 0 spiro atoms. The molecule has 3 rings (SSSR count). The second-order valence-electron chi connectivity index (χ2n) is 6.93. The number of carbonyl (C=O) groups excluding carboxylic acids is 1. The largest absolute Gasteiger partial charge is 0.466 e. The molecule has 0 radical (unpaired) electrons. The molecule has 142 valence electrons. The third kappa shape index (κ3) is 4.34. The Kier molecular flexibility index (Phi) is 6.12. The molecule has 6 heteroatoms. The van der Waals surface area contributed by atoms with Crippen LogP contribution in [0.5, 0.6) is 0 Å². The lowest BCUT2D eigenvalue weighted by Gasteiger charge is -2.33. The van der Waals surface area contributed by atoms with E-state index in [9.17, 15) is 9.18 Å². The molecule has 1 aliphatic heterocycles. The van der Waals surface area contributed by atoms with Crippen LogP contribution in [0.4, 0.5) is 4.39 Å². The first-order valence-corrected chi connectivity index (χ1v) is 9.61. The molecule has 1 saturated carbocycles. The maximum Gasteiger partial charge on any atom is 0.309 e. The van der Waals surface area contributed by atoms with Crippen molar-refractivity contribution < 1.29 is 13.9 Å². The Morgan fingerprint density at radius 1 is 1.31 bits per heavy atom. The van der Waals surface area contributed by atoms with Gasteiger partial charge in [-0.15, -0.1) is 0 Å². The monoisotopic (exact) mass is 361 g/mol. The average molecular weight is 361 g/mol. The van der Waals surface area contributed by atoms with Crippen LogP contribution in [0.1, 0.15) is 44.6 Å². The van der Waals surface area contributed by atoms with E-state index in [4.69, 9.17) is 4.74 Å². The third-order valence-electron chi connectivity index (χ3n) is 5.13. The zero-order chi connectivity index (χ0) is 18.5. The van der Waals surface area contributed by atoms with Gasteiger partial charge in [0.2, 0.25) is 0 Å². The standard InChI is InChI=1S/C20H28FN3O2/c1-3-22-20(24-11-9-14(10-12-24)19(25)26-4-2)23-18-13-16(18)15-7-5-6-8-17(15)21/h5-8,14,16,18H,3-4,9-13H2,1-2H3,(H,22,23). The van der Waals surface area contributed by atoms with Crippen molar-refractivity contribution in [1.82, 2.24) is 10.2 Å². The maximum atomic E-state index is 14.0. The zero-order valence-electron chi connectivity index (χ0n) is 15.6. The van der Waals surface area contributed by atoms with Crippen LogP contribution in [0, 0.1) is 11.7 Å². The molecule has 1 N–H and O–H groups in total. The molecule has 0 amide bonds. The minimum absolute atomic E-state index is 0.0128. The summed E-state index contributed by atoms with van der Waals surface area (Å²) in [6.07, 6.45) is 2.48. The van der Waals surface area contributed by atoms with Crippen LogP contribution in [-0.4, -0.2) is 49.1 Å². The molecule has 1 aromatic carbocycles. The molecule has 5 nitrogen and oxygen atoms in total. The molecule has 1 saturated heterocycles. The lowest BCUT2D eigenvalue weighted by Crippen LogP contribution is -2.47. The van der Waals surface area contributed by atoms with Gasteiger partial charge in [-0.25, -0.2) is 4.39 Å². The first-order chi connectivity index (χ1) is 12.6. The highest BCUT2D eigenvalue weighted by molar-refractivity contribution is 5.81. The van der Waals surface area contributed by atoms with Gasteiger partial charge in [-0.3, -0.25) is 9.79 Å². The third-order valence-corrected chi connectivity index (χ3v) is 5.13. The van der Waals surface area contributed by atoms with E-state index in [2.05, 4.69) is 15.2 Å². The van der Waals surface area contributed by atoms with Gasteiger partial charge in [0, 0.05) is 31.6 Å². The van der Waals surface area contributed by atoms with Crippen LogP contribution < -0.4 is 5.32 Å². The highest BCUT2D eigenvalue weighted by Crippen LogP contribution is 2.42. The van der Waals surface area contributed by atoms with Gasteiger partial charge in [0.05, 0.1) is 12.5 Å². The van der Waals surface area contributed by atoms with Gasteiger partial charge in [0.25, 0.3) is 0 Å². The number of hydrogen-bond donors (Lipinski definition) is 1. The number of aliphatic imine (C=N–C) groups is 1. The van der Waals surface area contributed by atoms with Gasteiger partial charge >= 0.3 is 5.97 Å². The number of ether oxygens (including phenoxy) is 1. The quantitative estimate of drug-likeness (QED) is 0.498. The summed E-state index contributed by atoms with van der Waals surface area (Å²) in [5.41, 5.74) is 0.780. The second kappa shape index (κ2) is 8.52. The molecule has 1 heterocycles. The number of nitrogens with one attached hydrogen (secondary N) is 1. The summed E-state index contributed by atoms with van der Waals surface area (Å²) in [4.78, 5) is 18.7. The van der Waals surface area contributed by atoms with Crippen LogP contribution in [0.25, 0.3) is 0 Å². The fraction of sp³-hybridized carbons (Fsp3) is 0.600. The van der Waals surface area contributed by atoms with E-state index in [1.807, 2.05) is 26.0 Å². The van der Waals surface area contributed by atoms with Crippen molar-refractivity contribution in [3.63, 3.8) is 0 Å². The Labute approximate surface area is 154 Å². The molecular formula is C20H28FN3O2. The van der Waals surface area contributed by atoms with Crippen LogP contribution in [0.2, 0.25) is 0 Å². The van der Waals surface area contributed by atoms with E-state index in [0.29, 0.717) is 13.2 Å². The molecule has 1 aliphatic carbocycles. The number of likely N-dealkylation sites (tertiary alicyclic amines) is 1. The fourth-order valence-electron chi connectivity index (χ4n) is 3.61. The predicted octanol–water partition coefficient (Wildman–Crippen LogP) is 2.92. The molecule has 2 fully saturated rings. The molecular weight excluding hydrogens is 333 g/mol. The summed E-state index contributed by atoms with van der Waals surface area (Å²) in [6, 6.07) is 7.21. The van der Waals surface area contributed by atoms with Crippen molar-refractivity contribution in [3.05, 3.63) is 35.6 Å². The van der Waals surface area contributed by atoms with E-state index in [-0.39, 0.29) is 29.7 Å². The fourth-order valence-corrected chi connectivity index (χ4v) is 3.61. The molecule has 26 heavy (non-hydrogen) atoms. The van der Waals surface area contributed by atoms with Crippen molar-refractivity contribution in [1.29, 1.82) is 0 Å². The minimum atomic E-state index is -0.133. The number of nitrogens with zero attached hydrogens (tertiary/aromatic N) is 2. The van der Waals surface area contributed by atoms with E-state index < -0.39 is 0 Å². The van der Waals surface area contributed by atoms with Gasteiger partial charge in [-0.2, -0.15) is 0 Å². The number of benzene rings is 1. The Morgan fingerprint density at radius 3 is 2.69 bits per heavy atom. The summed E-state index contributed by atoms with van der Waals surface area (Å²) >= 11 is 0. The molecule has 2 aliphatic rings.